The number of hydrogen-bond donors (Lipinski definition) is 0. The average Bonchev–Trinajstić information content (AvgIpc) is 2.16. The monoisotopic (exact) mass is 432 g/mol. The molecule has 0 aromatic carbocycles. The van der Waals surface area contributed by atoms with E-state index in [2.05, 4.69) is 9.72 Å². The lowest BCUT2D eigenvalue weighted by Gasteiger charge is -2.12. The van der Waals surface area contributed by atoms with Crippen LogP contribution in [0.5, 0.6) is 5.75 Å². The van der Waals surface area contributed by atoms with E-state index in [1.165, 1.54) is 0 Å². The summed E-state index contributed by atoms with van der Waals surface area (Å²) in [6, 6.07) is 0. The van der Waals surface area contributed by atoms with E-state index in [1.807, 2.05) is 0 Å². The second kappa shape index (κ2) is 5.24. The van der Waals surface area contributed by atoms with Crippen LogP contribution in [-0.2, 0) is 9.05 Å². The van der Waals surface area contributed by atoms with Crippen LogP contribution in [0, 0.1) is 13.7 Å². The maximum atomic E-state index is 12.2. The second-order valence-corrected chi connectivity index (χ2v) is 6.45. The molecule has 0 radical (unpaired) electrons. The van der Waals surface area contributed by atoms with E-state index in [0.717, 1.165) is 22.6 Å². The number of aromatic nitrogens is 1. The molecular formula is C6HClF3IN2O5S. The smallest absolute Gasteiger partial charge is 0.403 e. The molecule has 0 amide bonds. The van der Waals surface area contributed by atoms with Crippen molar-refractivity contribution in [2.45, 2.75) is 11.3 Å². The summed E-state index contributed by atoms with van der Waals surface area (Å²) < 4.78 is 61.4. The Labute approximate surface area is 121 Å². The van der Waals surface area contributed by atoms with E-state index < -0.39 is 40.4 Å². The van der Waals surface area contributed by atoms with Crippen LogP contribution in [0.15, 0.2) is 11.1 Å². The van der Waals surface area contributed by atoms with Crippen molar-refractivity contribution in [1.82, 2.24) is 4.98 Å². The third-order valence-electron chi connectivity index (χ3n) is 1.58. The summed E-state index contributed by atoms with van der Waals surface area (Å²) in [7, 11) is 0.295. The van der Waals surface area contributed by atoms with Gasteiger partial charge in [-0.25, -0.2) is 8.42 Å². The number of pyridine rings is 1. The number of ether oxygens (including phenoxy) is 1. The molecule has 106 valence electrons. The Balaban J connectivity index is 3.60. The van der Waals surface area contributed by atoms with Crippen LogP contribution in [0.4, 0.5) is 19.0 Å². The summed E-state index contributed by atoms with van der Waals surface area (Å²) in [5.41, 5.74) is 0. The second-order valence-electron chi connectivity index (χ2n) is 2.83. The molecule has 0 bridgehead atoms. The van der Waals surface area contributed by atoms with Crippen LogP contribution in [0.2, 0.25) is 0 Å². The van der Waals surface area contributed by atoms with Crippen LogP contribution in [0.3, 0.4) is 0 Å². The average molecular weight is 433 g/mol. The predicted molar refractivity (Wildman–Crippen MR) is 63.3 cm³/mol. The highest BCUT2D eigenvalue weighted by molar-refractivity contribution is 14.1. The van der Waals surface area contributed by atoms with Gasteiger partial charge in [0.2, 0.25) is 0 Å². The summed E-state index contributed by atoms with van der Waals surface area (Å²) in [5.74, 6) is -2.27. The lowest BCUT2D eigenvalue weighted by atomic mass is 10.4. The first-order valence-corrected chi connectivity index (χ1v) is 7.35. The van der Waals surface area contributed by atoms with Crippen molar-refractivity contribution in [3.63, 3.8) is 0 Å². The maximum Gasteiger partial charge on any atom is 0.573 e. The van der Waals surface area contributed by atoms with Gasteiger partial charge in [0, 0.05) is 10.7 Å². The van der Waals surface area contributed by atoms with Gasteiger partial charge in [0.25, 0.3) is 9.05 Å². The van der Waals surface area contributed by atoms with Crippen LogP contribution in [0.1, 0.15) is 0 Å². The maximum absolute atomic E-state index is 12.2. The van der Waals surface area contributed by atoms with E-state index in [-0.39, 0.29) is 0 Å². The summed E-state index contributed by atoms with van der Waals surface area (Å²) in [5, 5.41) is 10.5. The highest BCUT2D eigenvalue weighted by Crippen LogP contribution is 2.38. The van der Waals surface area contributed by atoms with Gasteiger partial charge in [-0.05, 0) is 32.5 Å². The van der Waals surface area contributed by atoms with Crippen molar-refractivity contribution >= 4 is 48.1 Å². The summed E-state index contributed by atoms with van der Waals surface area (Å²) in [4.78, 5) is 11.4. The number of alkyl halides is 3. The molecule has 0 spiro atoms. The fourth-order valence-electron chi connectivity index (χ4n) is 0.957. The Morgan fingerprint density at radius 3 is 2.37 bits per heavy atom. The van der Waals surface area contributed by atoms with Gasteiger partial charge in [0.1, 0.15) is 0 Å². The molecule has 0 aliphatic rings. The standard InChI is InChI=1S/C6HClF3IN2O5S/c7-19(16,17)2-1-12-5(13(14)15)3(11)4(2)18-6(8,9)10/h1H. The number of nitro groups is 1. The Morgan fingerprint density at radius 2 is 2.00 bits per heavy atom. The summed E-state index contributed by atoms with van der Waals surface area (Å²) in [6.45, 7) is 0. The van der Waals surface area contributed by atoms with Gasteiger partial charge in [-0.15, -0.1) is 13.2 Å². The molecule has 0 fully saturated rings. The molecular weight excluding hydrogens is 431 g/mol. The number of nitrogens with zero attached hydrogens (tertiary/aromatic N) is 2. The van der Waals surface area contributed by atoms with E-state index in [1.54, 1.807) is 0 Å². The summed E-state index contributed by atoms with van der Waals surface area (Å²) >= 11 is 1.11. The molecule has 0 saturated heterocycles. The molecule has 1 heterocycles. The van der Waals surface area contributed by atoms with Gasteiger partial charge < -0.3 is 14.9 Å². The predicted octanol–water partition coefficient (Wildman–Crippen LogP) is 2.42. The zero-order chi connectivity index (χ0) is 15.0. The minimum Gasteiger partial charge on any atom is -0.403 e. The molecule has 7 nitrogen and oxygen atoms in total. The normalized spacial score (nSPS) is 12.3. The van der Waals surface area contributed by atoms with Crippen molar-refractivity contribution in [2.24, 2.45) is 0 Å². The number of rotatable bonds is 3. The van der Waals surface area contributed by atoms with Crippen molar-refractivity contribution in [3.05, 3.63) is 19.9 Å². The Hall–Kier alpha value is -0.890. The zero-order valence-corrected chi connectivity index (χ0v) is 12.0. The Morgan fingerprint density at radius 1 is 1.47 bits per heavy atom. The third kappa shape index (κ3) is 4.04. The zero-order valence-electron chi connectivity index (χ0n) is 8.31. The van der Waals surface area contributed by atoms with Crippen molar-refractivity contribution < 1.29 is 31.2 Å². The first-order valence-electron chi connectivity index (χ1n) is 3.97. The topological polar surface area (TPSA) is 99.4 Å². The van der Waals surface area contributed by atoms with Gasteiger partial charge in [-0.3, -0.25) is 0 Å². The SMILES string of the molecule is O=[N+]([O-])c1ncc(S(=O)(=O)Cl)c(OC(F)(F)F)c1I. The van der Waals surface area contributed by atoms with E-state index in [4.69, 9.17) is 10.7 Å². The molecule has 1 aromatic rings. The molecule has 0 aliphatic carbocycles. The molecule has 0 N–H and O–H groups in total. The first kappa shape index (κ1) is 16.2. The fraction of sp³-hybridized carbons (Fsp3) is 0.167. The van der Waals surface area contributed by atoms with E-state index >= 15 is 0 Å². The molecule has 19 heavy (non-hydrogen) atoms. The Kier molecular flexibility index (Phi) is 4.46. The van der Waals surface area contributed by atoms with E-state index in [0.29, 0.717) is 6.20 Å². The highest BCUT2D eigenvalue weighted by atomic mass is 127. The van der Waals surface area contributed by atoms with Crippen LogP contribution in [-0.4, -0.2) is 24.7 Å². The van der Waals surface area contributed by atoms with Gasteiger partial charge in [-0.1, -0.05) is 0 Å². The Bertz CT molecular complexity index is 634. The van der Waals surface area contributed by atoms with Gasteiger partial charge in [0.05, 0.1) is 0 Å². The number of halogens is 5. The first-order chi connectivity index (χ1) is 8.43. The molecule has 0 saturated carbocycles. The quantitative estimate of drug-likeness (QED) is 0.315. The van der Waals surface area contributed by atoms with Crippen molar-refractivity contribution in [1.29, 1.82) is 0 Å². The molecule has 1 aromatic heterocycles. The minimum absolute atomic E-state index is 0.323. The lowest BCUT2D eigenvalue weighted by Crippen LogP contribution is -2.20. The fourth-order valence-corrected chi connectivity index (χ4v) is 2.75. The van der Waals surface area contributed by atoms with Gasteiger partial charge >= 0.3 is 12.2 Å². The molecule has 0 unspecified atom stereocenters. The lowest BCUT2D eigenvalue weighted by molar-refractivity contribution is -0.390. The van der Waals surface area contributed by atoms with E-state index in [9.17, 15) is 31.7 Å². The molecule has 0 atom stereocenters. The van der Waals surface area contributed by atoms with Crippen LogP contribution >= 0.6 is 33.3 Å². The van der Waals surface area contributed by atoms with Gasteiger partial charge in [-0.2, -0.15) is 0 Å². The molecule has 1 rings (SSSR count). The highest BCUT2D eigenvalue weighted by Gasteiger charge is 2.38. The largest absolute Gasteiger partial charge is 0.573 e. The molecule has 13 heteroatoms. The van der Waals surface area contributed by atoms with Gasteiger partial charge in [0.15, 0.2) is 20.4 Å². The minimum atomic E-state index is -5.24. The van der Waals surface area contributed by atoms with Crippen molar-refractivity contribution in [2.75, 3.05) is 0 Å². The van der Waals surface area contributed by atoms with Crippen LogP contribution < -0.4 is 4.74 Å². The third-order valence-corrected chi connectivity index (χ3v) is 3.86. The summed E-state index contributed by atoms with van der Waals surface area (Å²) in [6.07, 6.45) is -4.92. The number of hydrogen-bond acceptors (Lipinski definition) is 6. The molecule has 0 aliphatic heterocycles. The van der Waals surface area contributed by atoms with Crippen LogP contribution in [0.25, 0.3) is 0 Å². The van der Waals surface area contributed by atoms with Crippen molar-refractivity contribution in [3.8, 4) is 5.75 Å².